The van der Waals surface area contributed by atoms with Crippen LogP contribution >= 0.6 is 0 Å². The van der Waals surface area contributed by atoms with Crippen LogP contribution in [0.1, 0.15) is 11.4 Å². The molecule has 0 aliphatic carbocycles. The highest BCUT2D eigenvalue weighted by Gasteiger charge is 2.17. The fraction of sp³-hybridized carbons (Fsp3) is 0.222. The van der Waals surface area contributed by atoms with E-state index in [1.54, 1.807) is 13.3 Å². The van der Waals surface area contributed by atoms with Gasteiger partial charge in [-0.25, -0.2) is 9.61 Å². The largest absolute Gasteiger partial charge is 0.472 e. The van der Waals surface area contributed by atoms with Gasteiger partial charge in [-0.1, -0.05) is 35.5 Å². The smallest absolute Gasteiger partial charge is 0.278 e. The first-order valence-corrected chi connectivity index (χ1v) is 8.27. The molecule has 0 saturated carbocycles. The Hall–Kier alpha value is -3.42. The number of aromatic nitrogens is 6. The summed E-state index contributed by atoms with van der Waals surface area (Å²) in [7, 11) is 0. The average Bonchev–Trinajstić information content (AvgIpc) is 3.36. The highest BCUT2D eigenvalue weighted by Crippen LogP contribution is 2.30. The highest BCUT2D eigenvalue weighted by atomic mass is 16.6. The summed E-state index contributed by atoms with van der Waals surface area (Å²) in [5.74, 6) is 0.408. The summed E-state index contributed by atoms with van der Waals surface area (Å²) in [5.41, 5.74) is 5.34. The van der Waals surface area contributed by atoms with E-state index in [2.05, 4.69) is 30.1 Å². The van der Waals surface area contributed by atoms with E-state index in [9.17, 15) is 0 Å². The molecule has 3 aromatic heterocycles. The average molecular weight is 350 g/mol. The summed E-state index contributed by atoms with van der Waals surface area (Å²) in [6.07, 6.45) is 1.80. The lowest BCUT2D eigenvalue weighted by molar-refractivity contribution is 0.248. The van der Waals surface area contributed by atoms with E-state index in [4.69, 9.17) is 4.74 Å². The molecule has 8 nitrogen and oxygen atoms in total. The number of aryl methyl sites for hydroxylation is 2. The molecule has 3 heterocycles. The van der Waals surface area contributed by atoms with Gasteiger partial charge in [0.05, 0.1) is 24.3 Å². The fourth-order valence-corrected chi connectivity index (χ4v) is 2.76. The van der Waals surface area contributed by atoms with E-state index in [0.29, 0.717) is 24.7 Å². The van der Waals surface area contributed by atoms with E-state index in [-0.39, 0.29) is 0 Å². The van der Waals surface area contributed by atoms with E-state index in [0.717, 1.165) is 28.3 Å². The van der Waals surface area contributed by atoms with Crippen LogP contribution in [-0.2, 0) is 6.54 Å². The predicted molar refractivity (Wildman–Crippen MR) is 94.5 cm³/mol. The van der Waals surface area contributed by atoms with Crippen LogP contribution in [0.3, 0.4) is 0 Å². The molecular formula is C18H18N6O2. The van der Waals surface area contributed by atoms with Crippen LogP contribution in [0.25, 0.3) is 22.6 Å². The molecule has 132 valence electrons. The minimum Gasteiger partial charge on any atom is -0.472 e. The number of ether oxygens (including phenoxy) is 1. The zero-order chi connectivity index (χ0) is 17.9. The normalized spacial score (nSPS) is 11.0. The van der Waals surface area contributed by atoms with Crippen molar-refractivity contribution < 1.29 is 9.37 Å². The van der Waals surface area contributed by atoms with Gasteiger partial charge in [0, 0.05) is 11.3 Å². The molecule has 0 amide bonds. The van der Waals surface area contributed by atoms with Crippen LogP contribution in [0.15, 0.2) is 47.4 Å². The molecule has 0 spiro atoms. The fourth-order valence-electron chi connectivity index (χ4n) is 2.76. The van der Waals surface area contributed by atoms with Crippen molar-refractivity contribution >= 4 is 0 Å². The standard InChI is InChI=1S/C18H18N6O2/c1-12-10-15(21-20-12)17-16(14-6-4-3-5-7-14)19-11-24(17)8-9-25-18-13(2)22-26-23-18/h3-7,10-11H,8-9H2,1-2H3,(H,20,21). The van der Waals surface area contributed by atoms with Crippen molar-refractivity contribution in [2.24, 2.45) is 0 Å². The summed E-state index contributed by atoms with van der Waals surface area (Å²) < 4.78 is 12.3. The lowest BCUT2D eigenvalue weighted by atomic mass is 10.1. The summed E-state index contributed by atoms with van der Waals surface area (Å²) in [4.78, 5) is 4.61. The minimum absolute atomic E-state index is 0.408. The van der Waals surface area contributed by atoms with Crippen molar-refractivity contribution in [2.45, 2.75) is 20.4 Å². The second-order valence-electron chi connectivity index (χ2n) is 5.94. The molecule has 4 aromatic rings. The number of aromatic amines is 1. The molecule has 0 fully saturated rings. The molecule has 0 unspecified atom stereocenters. The molecule has 0 radical (unpaired) electrons. The lowest BCUT2D eigenvalue weighted by Crippen LogP contribution is -2.09. The van der Waals surface area contributed by atoms with Crippen molar-refractivity contribution in [1.82, 2.24) is 30.1 Å². The molecule has 0 atom stereocenters. The number of rotatable bonds is 6. The van der Waals surface area contributed by atoms with Crippen molar-refractivity contribution in [3.63, 3.8) is 0 Å². The Kier molecular flexibility index (Phi) is 4.22. The molecule has 0 bridgehead atoms. The van der Waals surface area contributed by atoms with E-state index in [1.165, 1.54) is 0 Å². The first-order valence-electron chi connectivity index (χ1n) is 8.27. The summed E-state index contributed by atoms with van der Waals surface area (Å²) in [5, 5.41) is 14.9. The number of hydrogen-bond donors (Lipinski definition) is 1. The maximum Gasteiger partial charge on any atom is 0.278 e. The zero-order valence-electron chi connectivity index (χ0n) is 14.5. The van der Waals surface area contributed by atoms with Crippen molar-refractivity contribution in [1.29, 1.82) is 0 Å². The Morgan fingerprint density at radius 2 is 2.00 bits per heavy atom. The van der Waals surface area contributed by atoms with E-state index >= 15 is 0 Å². The third-order valence-electron chi connectivity index (χ3n) is 4.02. The van der Waals surface area contributed by atoms with Gasteiger partial charge in [0.15, 0.2) is 0 Å². The monoisotopic (exact) mass is 350 g/mol. The molecule has 8 heteroatoms. The lowest BCUT2D eigenvalue weighted by Gasteiger charge is -2.09. The molecule has 1 N–H and O–H groups in total. The maximum absolute atomic E-state index is 5.65. The van der Waals surface area contributed by atoms with Crippen LogP contribution in [0.4, 0.5) is 0 Å². The van der Waals surface area contributed by atoms with Crippen LogP contribution in [0, 0.1) is 13.8 Å². The molecular weight excluding hydrogens is 332 g/mol. The van der Waals surface area contributed by atoms with Gasteiger partial charge in [0.25, 0.3) is 5.88 Å². The number of benzene rings is 1. The second-order valence-corrected chi connectivity index (χ2v) is 5.94. The van der Waals surface area contributed by atoms with Gasteiger partial charge in [-0.3, -0.25) is 5.10 Å². The van der Waals surface area contributed by atoms with Gasteiger partial charge in [-0.15, -0.1) is 0 Å². The Balaban J connectivity index is 1.64. The molecule has 0 saturated heterocycles. The Morgan fingerprint density at radius 1 is 1.15 bits per heavy atom. The molecule has 26 heavy (non-hydrogen) atoms. The highest BCUT2D eigenvalue weighted by molar-refractivity contribution is 5.76. The number of imidazole rings is 1. The number of nitrogens with zero attached hydrogens (tertiary/aromatic N) is 5. The van der Waals surface area contributed by atoms with Crippen molar-refractivity contribution in [3.05, 3.63) is 54.1 Å². The predicted octanol–water partition coefficient (Wildman–Crippen LogP) is 3.02. The summed E-state index contributed by atoms with van der Waals surface area (Å²) in [6.45, 7) is 4.76. The second kappa shape index (κ2) is 6.83. The first-order chi connectivity index (χ1) is 12.7. The molecule has 0 aliphatic heterocycles. The topological polar surface area (TPSA) is 94.7 Å². The van der Waals surface area contributed by atoms with Crippen LogP contribution in [0.5, 0.6) is 5.88 Å². The van der Waals surface area contributed by atoms with Gasteiger partial charge >= 0.3 is 0 Å². The van der Waals surface area contributed by atoms with Gasteiger partial charge in [-0.05, 0) is 25.1 Å². The Labute approximate surface area is 149 Å². The summed E-state index contributed by atoms with van der Waals surface area (Å²) in [6, 6.07) is 12.1. The third-order valence-corrected chi connectivity index (χ3v) is 4.02. The van der Waals surface area contributed by atoms with Crippen LogP contribution in [0.2, 0.25) is 0 Å². The van der Waals surface area contributed by atoms with Crippen LogP contribution < -0.4 is 4.74 Å². The first kappa shape index (κ1) is 16.1. The van der Waals surface area contributed by atoms with Crippen molar-refractivity contribution in [3.8, 4) is 28.5 Å². The molecule has 4 rings (SSSR count). The number of nitrogens with one attached hydrogen (secondary N) is 1. The molecule has 1 aromatic carbocycles. The van der Waals surface area contributed by atoms with Gasteiger partial charge in [-0.2, -0.15) is 5.10 Å². The number of H-pyrrole nitrogens is 1. The van der Waals surface area contributed by atoms with Crippen molar-refractivity contribution in [2.75, 3.05) is 6.61 Å². The maximum atomic E-state index is 5.65. The van der Waals surface area contributed by atoms with Gasteiger partial charge in [0.2, 0.25) is 0 Å². The number of hydrogen-bond acceptors (Lipinski definition) is 6. The molecule has 0 aliphatic rings. The zero-order valence-corrected chi connectivity index (χ0v) is 14.5. The Morgan fingerprint density at radius 3 is 2.69 bits per heavy atom. The van der Waals surface area contributed by atoms with Gasteiger partial charge in [0.1, 0.15) is 18.0 Å². The van der Waals surface area contributed by atoms with E-state index < -0.39 is 0 Å². The van der Waals surface area contributed by atoms with Crippen LogP contribution in [-0.4, -0.2) is 36.7 Å². The Bertz CT molecular complexity index is 1000. The SMILES string of the molecule is Cc1cc(-c2c(-c3ccccc3)ncn2CCOc2nonc2C)n[nH]1. The van der Waals surface area contributed by atoms with E-state index in [1.807, 2.05) is 47.9 Å². The van der Waals surface area contributed by atoms with Gasteiger partial charge < -0.3 is 9.30 Å². The third kappa shape index (κ3) is 3.08. The minimum atomic E-state index is 0.408. The summed E-state index contributed by atoms with van der Waals surface area (Å²) >= 11 is 0. The quantitative estimate of drug-likeness (QED) is 0.574.